The van der Waals surface area contributed by atoms with Crippen LogP contribution in [0.2, 0.25) is 0 Å². The molecule has 0 saturated heterocycles. The van der Waals surface area contributed by atoms with E-state index in [-0.39, 0.29) is 17.7 Å². The lowest BCUT2D eigenvalue weighted by molar-refractivity contribution is -0.645. The Hall–Kier alpha value is -2.51. The summed E-state index contributed by atoms with van der Waals surface area (Å²) in [6, 6.07) is 14.0. The summed E-state index contributed by atoms with van der Waals surface area (Å²) in [6.45, 7) is 0.328. The van der Waals surface area contributed by atoms with Crippen LogP contribution in [0.5, 0.6) is 0 Å². The van der Waals surface area contributed by atoms with Crippen LogP contribution in [0.4, 0.5) is 0 Å². The molecule has 1 aromatic heterocycles. The number of benzene rings is 2. The molecule has 0 saturated carbocycles. The molecule has 2 aromatic carbocycles. The molecule has 0 unspecified atom stereocenters. The number of hydrogen-bond acceptors (Lipinski definition) is 4. The third-order valence-electron chi connectivity index (χ3n) is 3.92. The highest BCUT2D eigenvalue weighted by Crippen LogP contribution is 2.24. The van der Waals surface area contributed by atoms with Crippen LogP contribution in [-0.4, -0.2) is 24.7 Å². The minimum absolute atomic E-state index is 0.118. The Morgan fingerprint density at radius 1 is 1.00 bits per heavy atom. The van der Waals surface area contributed by atoms with Gasteiger partial charge in [-0.25, -0.2) is 0 Å². The molecule has 0 atom stereocenters. The SMILES string of the molecule is O=C([O-])c1c2ccccc2[n+](CCCS(=O)(=O)O)c2ccccc12. The van der Waals surface area contributed by atoms with E-state index in [9.17, 15) is 18.3 Å². The Labute approximate surface area is 138 Å². The van der Waals surface area contributed by atoms with E-state index in [4.69, 9.17) is 4.55 Å². The summed E-state index contributed by atoms with van der Waals surface area (Å²) in [5.41, 5.74) is 1.46. The molecule has 0 amide bonds. The zero-order valence-electron chi connectivity index (χ0n) is 12.7. The average Bonchev–Trinajstić information content (AvgIpc) is 2.52. The van der Waals surface area contributed by atoms with Crippen molar-refractivity contribution >= 4 is 37.9 Å². The smallest absolute Gasteiger partial charge is 0.265 e. The first kappa shape index (κ1) is 16.4. The Kier molecular flexibility index (Phi) is 4.21. The molecule has 1 N–H and O–H groups in total. The van der Waals surface area contributed by atoms with Crippen LogP contribution in [0.3, 0.4) is 0 Å². The normalized spacial score (nSPS) is 11.9. The molecule has 6 nitrogen and oxygen atoms in total. The second-order valence-electron chi connectivity index (χ2n) is 5.49. The molecule has 0 aliphatic heterocycles. The molecule has 1 heterocycles. The summed E-state index contributed by atoms with van der Waals surface area (Å²) in [7, 11) is -4.04. The molecule has 3 aromatic rings. The number of fused-ring (bicyclic) bond motifs is 2. The predicted molar refractivity (Wildman–Crippen MR) is 87.0 cm³/mol. The summed E-state index contributed by atoms with van der Waals surface area (Å²) in [4.78, 5) is 11.7. The monoisotopic (exact) mass is 345 g/mol. The number of carboxylic acids is 1. The molecule has 0 aliphatic rings. The van der Waals surface area contributed by atoms with Crippen molar-refractivity contribution in [1.82, 2.24) is 0 Å². The number of aromatic carboxylic acids is 1. The molecule has 24 heavy (non-hydrogen) atoms. The van der Waals surface area contributed by atoms with E-state index in [1.165, 1.54) is 0 Å². The fourth-order valence-electron chi connectivity index (χ4n) is 2.98. The first-order valence-corrected chi connectivity index (χ1v) is 8.99. The van der Waals surface area contributed by atoms with Gasteiger partial charge < -0.3 is 9.90 Å². The Balaban J connectivity index is 2.26. The van der Waals surface area contributed by atoms with Gasteiger partial charge in [0.05, 0.1) is 22.5 Å². The minimum Gasteiger partial charge on any atom is -0.545 e. The van der Waals surface area contributed by atoms with E-state index < -0.39 is 16.1 Å². The van der Waals surface area contributed by atoms with Crippen LogP contribution >= 0.6 is 0 Å². The number of carboxylic acid groups (broad SMARTS) is 1. The number of carbonyl (C=O) groups is 1. The number of carbonyl (C=O) groups excluding carboxylic acids is 1. The second kappa shape index (κ2) is 6.18. The lowest BCUT2D eigenvalue weighted by Crippen LogP contribution is -2.38. The van der Waals surface area contributed by atoms with Crippen LogP contribution in [0.1, 0.15) is 16.8 Å². The number of aryl methyl sites for hydroxylation is 1. The second-order valence-corrected chi connectivity index (χ2v) is 7.06. The Morgan fingerprint density at radius 3 is 1.96 bits per heavy atom. The Morgan fingerprint density at radius 2 is 1.50 bits per heavy atom. The van der Waals surface area contributed by atoms with Gasteiger partial charge in [-0.3, -0.25) is 4.55 Å². The summed E-state index contributed by atoms with van der Waals surface area (Å²) >= 11 is 0. The molecule has 3 rings (SSSR count). The third-order valence-corrected chi connectivity index (χ3v) is 4.72. The van der Waals surface area contributed by atoms with Gasteiger partial charge in [-0.2, -0.15) is 13.0 Å². The Bertz CT molecular complexity index is 986. The number of rotatable bonds is 5. The molecule has 0 bridgehead atoms. The van der Waals surface area contributed by atoms with E-state index in [1.54, 1.807) is 48.5 Å². The summed E-state index contributed by atoms with van der Waals surface area (Å²) in [5, 5.41) is 12.7. The van der Waals surface area contributed by atoms with Crippen molar-refractivity contribution in [2.75, 3.05) is 5.75 Å². The van der Waals surface area contributed by atoms with Gasteiger partial charge in [0.25, 0.3) is 10.1 Å². The number of aromatic nitrogens is 1. The van der Waals surface area contributed by atoms with E-state index >= 15 is 0 Å². The van der Waals surface area contributed by atoms with Crippen LogP contribution < -0.4 is 9.67 Å². The van der Waals surface area contributed by atoms with Crippen molar-refractivity contribution in [2.24, 2.45) is 0 Å². The van der Waals surface area contributed by atoms with Gasteiger partial charge in [0, 0.05) is 24.1 Å². The molecule has 0 fully saturated rings. The third kappa shape index (κ3) is 3.08. The largest absolute Gasteiger partial charge is 0.545 e. The van der Waals surface area contributed by atoms with Crippen molar-refractivity contribution in [3.63, 3.8) is 0 Å². The predicted octanol–water partition coefficient (Wildman–Crippen LogP) is 0.922. The van der Waals surface area contributed by atoms with E-state index in [2.05, 4.69) is 0 Å². The molecular formula is C17H15NO5S. The van der Waals surface area contributed by atoms with Crippen molar-refractivity contribution in [3.05, 3.63) is 54.1 Å². The van der Waals surface area contributed by atoms with E-state index in [0.29, 0.717) is 28.4 Å². The highest BCUT2D eigenvalue weighted by Gasteiger charge is 2.20. The van der Waals surface area contributed by atoms with Crippen LogP contribution in [0.25, 0.3) is 21.8 Å². The van der Waals surface area contributed by atoms with Crippen molar-refractivity contribution in [2.45, 2.75) is 13.0 Å². The molecule has 124 valence electrons. The van der Waals surface area contributed by atoms with Gasteiger partial charge in [0.15, 0.2) is 6.54 Å². The summed E-state index contributed by atoms with van der Waals surface area (Å²) in [5.74, 6) is -1.61. The zero-order valence-corrected chi connectivity index (χ0v) is 13.5. The number of hydrogen-bond donors (Lipinski definition) is 1. The molecule has 0 aliphatic carbocycles. The van der Waals surface area contributed by atoms with Crippen LogP contribution in [-0.2, 0) is 16.7 Å². The van der Waals surface area contributed by atoms with Gasteiger partial charge in [-0.1, -0.05) is 24.3 Å². The van der Waals surface area contributed by atoms with Gasteiger partial charge in [-0.15, -0.1) is 0 Å². The summed E-state index contributed by atoms with van der Waals surface area (Å²) < 4.78 is 32.7. The van der Waals surface area contributed by atoms with Crippen LogP contribution in [0.15, 0.2) is 48.5 Å². The van der Waals surface area contributed by atoms with Crippen LogP contribution in [0, 0.1) is 0 Å². The van der Waals surface area contributed by atoms with E-state index in [0.717, 1.165) is 0 Å². The topological polar surface area (TPSA) is 98.4 Å². The molecule has 0 radical (unpaired) electrons. The van der Waals surface area contributed by atoms with Gasteiger partial charge in [0.2, 0.25) is 11.0 Å². The maximum absolute atomic E-state index is 11.7. The number of pyridine rings is 1. The van der Waals surface area contributed by atoms with Crippen molar-refractivity contribution in [1.29, 1.82) is 0 Å². The number of para-hydroxylation sites is 2. The maximum Gasteiger partial charge on any atom is 0.265 e. The molecule has 0 spiro atoms. The summed E-state index contributed by atoms with van der Waals surface area (Å²) in [6.07, 6.45) is 0.210. The highest BCUT2D eigenvalue weighted by molar-refractivity contribution is 7.85. The first-order valence-electron chi connectivity index (χ1n) is 7.38. The van der Waals surface area contributed by atoms with Gasteiger partial charge in [-0.05, 0) is 12.1 Å². The first-order chi connectivity index (χ1) is 11.4. The average molecular weight is 345 g/mol. The highest BCUT2D eigenvalue weighted by atomic mass is 32.2. The van der Waals surface area contributed by atoms with E-state index in [1.807, 2.05) is 4.57 Å². The minimum atomic E-state index is -4.04. The fraction of sp³-hybridized carbons (Fsp3) is 0.176. The lowest BCUT2D eigenvalue weighted by Gasteiger charge is -2.12. The van der Waals surface area contributed by atoms with Crippen molar-refractivity contribution in [3.8, 4) is 0 Å². The van der Waals surface area contributed by atoms with Crippen molar-refractivity contribution < 1.29 is 27.4 Å². The van der Waals surface area contributed by atoms with Gasteiger partial charge in [0.1, 0.15) is 0 Å². The molecular weight excluding hydrogens is 330 g/mol. The standard InChI is InChI=1S/C17H15NO5S/c19-17(20)16-12-6-1-3-8-14(12)18(10-5-11-24(21,22)23)15-9-4-2-7-13(15)16/h1-4,6-9H,5,10-11H2,(H-,19,20,21,22,23). The lowest BCUT2D eigenvalue weighted by atomic mass is 10.0. The number of nitrogens with zero attached hydrogens (tertiary/aromatic N) is 1. The van der Waals surface area contributed by atoms with Gasteiger partial charge >= 0.3 is 0 Å². The zero-order chi connectivity index (χ0) is 17.3. The fourth-order valence-corrected chi connectivity index (χ4v) is 3.48. The molecule has 7 heteroatoms. The quantitative estimate of drug-likeness (QED) is 0.421. The maximum atomic E-state index is 11.7.